The van der Waals surface area contributed by atoms with Crippen LogP contribution in [0.2, 0.25) is 0 Å². The van der Waals surface area contributed by atoms with Gasteiger partial charge in [0, 0.05) is 12.1 Å². The third-order valence-corrected chi connectivity index (χ3v) is 7.87. The average Bonchev–Trinajstić information content (AvgIpc) is 2.86. The van der Waals surface area contributed by atoms with Crippen LogP contribution in [0.25, 0.3) is 0 Å². The maximum atomic E-state index is 4.10. The standard InChI is InChI=1S/C18H29N/c1-2-8-18(7-1)9-5-14(6-10-18)19-17-15-12-3-4-13(11-12)16(15)17/h12-17,19H,1-11H2. The summed E-state index contributed by atoms with van der Waals surface area (Å²) in [6.07, 6.45) is 17.0. The van der Waals surface area contributed by atoms with Crippen molar-refractivity contribution in [3.63, 3.8) is 0 Å². The van der Waals surface area contributed by atoms with Gasteiger partial charge in [-0.2, -0.15) is 0 Å². The molecule has 5 saturated carbocycles. The van der Waals surface area contributed by atoms with Crippen molar-refractivity contribution in [1.82, 2.24) is 5.32 Å². The number of nitrogens with one attached hydrogen (secondary N) is 1. The Labute approximate surface area is 117 Å². The normalized spacial score (nSPS) is 50.8. The first-order valence-corrected chi connectivity index (χ1v) is 9.11. The fourth-order valence-corrected chi connectivity index (χ4v) is 6.84. The third-order valence-electron chi connectivity index (χ3n) is 7.87. The molecule has 0 aromatic carbocycles. The number of fused-ring (bicyclic) bond motifs is 5. The van der Waals surface area contributed by atoms with Gasteiger partial charge < -0.3 is 5.32 Å². The highest BCUT2D eigenvalue weighted by Crippen LogP contribution is 2.65. The molecule has 0 saturated heterocycles. The zero-order valence-electron chi connectivity index (χ0n) is 12.2. The molecule has 5 aliphatic carbocycles. The van der Waals surface area contributed by atoms with E-state index in [9.17, 15) is 0 Å². The van der Waals surface area contributed by atoms with Crippen LogP contribution in [0.15, 0.2) is 0 Å². The van der Waals surface area contributed by atoms with Crippen molar-refractivity contribution >= 4 is 0 Å². The molecule has 1 heteroatoms. The molecular weight excluding hydrogens is 230 g/mol. The lowest BCUT2D eigenvalue weighted by Gasteiger charge is -2.38. The Kier molecular flexibility index (Phi) is 2.44. The summed E-state index contributed by atoms with van der Waals surface area (Å²) in [6, 6.07) is 1.86. The van der Waals surface area contributed by atoms with Crippen LogP contribution in [-0.4, -0.2) is 12.1 Å². The maximum Gasteiger partial charge on any atom is 0.0138 e. The van der Waals surface area contributed by atoms with Crippen LogP contribution in [0.1, 0.15) is 70.6 Å². The van der Waals surface area contributed by atoms with E-state index >= 15 is 0 Å². The van der Waals surface area contributed by atoms with Gasteiger partial charge in [0.25, 0.3) is 0 Å². The van der Waals surface area contributed by atoms with Crippen LogP contribution in [0.5, 0.6) is 0 Å². The topological polar surface area (TPSA) is 12.0 Å². The highest BCUT2D eigenvalue weighted by Gasteiger charge is 2.65. The summed E-state index contributed by atoms with van der Waals surface area (Å²) in [5, 5.41) is 4.10. The van der Waals surface area contributed by atoms with Crippen molar-refractivity contribution in [3.05, 3.63) is 0 Å². The zero-order valence-corrected chi connectivity index (χ0v) is 12.2. The van der Waals surface area contributed by atoms with E-state index in [1.165, 1.54) is 25.7 Å². The van der Waals surface area contributed by atoms with E-state index in [2.05, 4.69) is 5.32 Å². The summed E-state index contributed by atoms with van der Waals surface area (Å²) >= 11 is 0. The lowest BCUT2D eigenvalue weighted by atomic mass is 9.71. The minimum absolute atomic E-state index is 0.816. The molecule has 0 heterocycles. The molecule has 0 amide bonds. The molecule has 0 aromatic heterocycles. The van der Waals surface area contributed by atoms with E-state index in [4.69, 9.17) is 0 Å². The van der Waals surface area contributed by atoms with Crippen LogP contribution in [0.4, 0.5) is 0 Å². The third kappa shape index (κ3) is 1.69. The fourth-order valence-electron chi connectivity index (χ4n) is 6.84. The average molecular weight is 259 g/mol. The second kappa shape index (κ2) is 4.00. The molecule has 1 nitrogen and oxygen atoms in total. The van der Waals surface area contributed by atoms with Gasteiger partial charge in [0.05, 0.1) is 0 Å². The smallest absolute Gasteiger partial charge is 0.0138 e. The minimum atomic E-state index is 0.816. The molecule has 0 radical (unpaired) electrons. The molecule has 0 aliphatic heterocycles. The van der Waals surface area contributed by atoms with E-state index in [-0.39, 0.29) is 0 Å². The number of hydrogen-bond donors (Lipinski definition) is 1. The second-order valence-corrected chi connectivity index (χ2v) is 8.66. The van der Waals surface area contributed by atoms with Crippen molar-refractivity contribution < 1.29 is 0 Å². The zero-order chi connectivity index (χ0) is 12.4. The largest absolute Gasteiger partial charge is 0.311 e. The highest BCUT2D eigenvalue weighted by molar-refractivity contribution is 5.17. The molecule has 106 valence electrons. The quantitative estimate of drug-likeness (QED) is 0.786. The van der Waals surface area contributed by atoms with Crippen LogP contribution in [0.3, 0.4) is 0 Å². The van der Waals surface area contributed by atoms with Gasteiger partial charge in [-0.15, -0.1) is 0 Å². The lowest BCUT2D eigenvalue weighted by molar-refractivity contribution is 0.165. The van der Waals surface area contributed by atoms with E-state index in [1.54, 1.807) is 44.9 Å². The van der Waals surface area contributed by atoms with Crippen LogP contribution in [0, 0.1) is 29.1 Å². The van der Waals surface area contributed by atoms with Gasteiger partial charge in [-0.05, 0) is 86.9 Å². The lowest BCUT2D eigenvalue weighted by Crippen LogP contribution is -2.39. The van der Waals surface area contributed by atoms with E-state index < -0.39 is 0 Å². The highest BCUT2D eigenvalue weighted by atomic mass is 15.0. The molecular formula is C18H29N. The van der Waals surface area contributed by atoms with Gasteiger partial charge in [-0.3, -0.25) is 0 Å². The molecule has 2 bridgehead atoms. The van der Waals surface area contributed by atoms with Gasteiger partial charge >= 0.3 is 0 Å². The molecule has 1 N–H and O–H groups in total. The summed E-state index contributed by atoms with van der Waals surface area (Å²) in [6.45, 7) is 0. The molecule has 4 unspecified atom stereocenters. The van der Waals surface area contributed by atoms with Gasteiger partial charge in [0.15, 0.2) is 0 Å². The van der Waals surface area contributed by atoms with Crippen molar-refractivity contribution in [3.8, 4) is 0 Å². The molecule has 4 atom stereocenters. The Morgan fingerprint density at radius 2 is 1.37 bits per heavy atom. The van der Waals surface area contributed by atoms with Crippen molar-refractivity contribution in [1.29, 1.82) is 0 Å². The summed E-state index contributed by atoms with van der Waals surface area (Å²) in [7, 11) is 0. The maximum absolute atomic E-state index is 4.10. The monoisotopic (exact) mass is 259 g/mol. The van der Waals surface area contributed by atoms with Gasteiger partial charge in [0.2, 0.25) is 0 Å². The molecule has 19 heavy (non-hydrogen) atoms. The van der Waals surface area contributed by atoms with E-state index in [0.717, 1.165) is 41.2 Å². The van der Waals surface area contributed by atoms with Crippen LogP contribution in [-0.2, 0) is 0 Å². The Morgan fingerprint density at radius 1 is 0.737 bits per heavy atom. The van der Waals surface area contributed by atoms with Gasteiger partial charge in [-0.25, -0.2) is 0 Å². The van der Waals surface area contributed by atoms with E-state index in [0.29, 0.717) is 0 Å². The van der Waals surface area contributed by atoms with Gasteiger partial charge in [0.1, 0.15) is 0 Å². The van der Waals surface area contributed by atoms with Crippen molar-refractivity contribution in [2.24, 2.45) is 29.1 Å². The second-order valence-electron chi connectivity index (χ2n) is 8.66. The predicted octanol–water partition coefficient (Wildman–Crippen LogP) is 4.12. The van der Waals surface area contributed by atoms with Gasteiger partial charge in [-0.1, -0.05) is 12.8 Å². The molecule has 1 spiro atoms. The first-order chi connectivity index (χ1) is 9.35. The Balaban J connectivity index is 1.17. The first-order valence-electron chi connectivity index (χ1n) is 9.11. The predicted molar refractivity (Wildman–Crippen MR) is 77.9 cm³/mol. The summed E-state index contributed by atoms with van der Waals surface area (Å²) in [5.74, 6) is 4.52. The molecule has 0 aromatic rings. The Hall–Kier alpha value is -0.0400. The summed E-state index contributed by atoms with van der Waals surface area (Å²) in [4.78, 5) is 0. The SMILES string of the molecule is C1CCC2(C1)CCC(NC1C3C4CCC(C4)C13)CC2. The number of rotatable bonds is 2. The Morgan fingerprint density at radius 3 is 2.00 bits per heavy atom. The fraction of sp³-hybridized carbons (Fsp3) is 1.00. The van der Waals surface area contributed by atoms with Crippen LogP contribution >= 0.6 is 0 Å². The minimum Gasteiger partial charge on any atom is -0.311 e. The summed E-state index contributed by atoms with van der Waals surface area (Å²) in [5.41, 5.74) is 0.816. The summed E-state index contributed by atoms with van der Waals surface area (Å²) < 4.78 is 0. The molecule has 5 fully saturated rings. The number of hydrogen-bond acceptors (Lipinski definition) is 1. The molecule has 5 aliphatic rings. The van der Waals surface area contributed by atoms with Crippen molar-refractivity contribution in [2.75, 3.05) is 0 Å². The van der Waals surface area contributed by atoms with Crippen LogP contribution < -0.4 is 5.32 Å². The van der Waals surface area contributed by atoms with Crippen molar-refractivity contribution in [2.45, 2.75) is 82.7 Å². The molecule has 5 rings (SSSR count). The Bertz CT molecular complexity index is 344. The van der Waals surface area contributed by atoms with E-state index in [1.807, 2.05) is 0 Å². The first kappa shape index (κ1) is 11.6.